The van der Waals surface area contributed by atoms with Crippen molar-refractivity contribution in [2.75, 3.05) is 18.5 Å². The highest BCUT2D eigenvalue weighted by Gasteiger charge is 2.13. The van der Waals surface area contributed by atoms with Gasteiger partial charge < -0.3 is 19.5 Å². The molecule has 2 N–H and O–H groups in total. The number of hydrogen-bond donors (Lipinski definition) is 2. The highest BCUT2D eigenvalue weighted by atomic mass is 16.5. The summed E-state index contributed by atoms with van der Waals surface area (Å²) in [6, 6.07) is 19.9. The number of rotatable bonds is 10. The fraction of sp³-hybridized carbons (Fsp3) is 0.185. The zero-order valence-electron chi connectivity index (χ0n) is 20.0. The minimum absolute atomic E-state index is 0.349. The van der Waals surface area contributed by atoms with Crippen LogP contribution in [0.25, 0.3) is 0 Å². The standard InChI is InChI=1S/C27H27N3O6/c1-3-17-35-23-13-7-20(8-14-23)27(33)36-24-11-5-19(6-12-24)18-28-30-26(32)25(31)29-21-9-15-22(16-10-21)34-4-2/h5-16,18H,3-4,17H2,1-2H3,(H,29,31)(H,30,32)/b28-18-. The van der Waals surface area contributed by atoms with Gasteiger partial charge in [0.05, 0.1) is 25.0 Å². The molecule has 0 fully saturated rings. The molecule has 0 spiro atoms. The molecule has 0 atom stereocenters. The van der Waals surface area contributed by atoms with E-state index < -0.39 is 17.8 Å². The van der Waals surface area contributed by atoms with Crippen molar-refractivity contribution in [3.63, 3.8) is 0 Å². The van der Waals surface area contributed by atoms with Crippen LogP contribution in [0.15, 0.2) is 77.9 Å². The monoisotopic (exact) mass is 489 g/mol. The van der Waals surface area contributed by atoms with E-state index in [0.717, 1.165) is 6.42 Å². The van der Waals surface area contributed by atoms with Gasteiger partial charge in [0.1, 0.15) is 17.2 Å². The van der Waals surface area contributed by atoms with Crippen LogP contribution in [0.4, 0.5) is 5.69 Å². The second-order valence-electron chi connectivity index (χ2n) is 7.44. The number of nitrogens with one attached hydrogen (secondary N) is 2. The number of anilines is 1. The van der Waals surface area contributed by atoms with E-state index in [-0.39, 0.29) is 0 Å². The molecule has 0 saturated carbocycles. The quantitative estimate of drug-likeness (QED) is 0.145. The fourth-order valence-electron chi connectivity index (χ4n) is 2.90. The van der Waals surface area contributed by atoms with Gasteiger partial charge in [-0.05, 0) is 91.7 Å². The van der Waals surface area contributed by atoms with E-state index in [2.05, 4.69) is 15.8 Å². The van der Waals surface area contributed by atoms with Crippen molar-refractivity contribution in [1.82, 2.24) is 5.43 Å². The Bertz CT molecular complexity index is 1190. The second-order valence-corrected chi connectivity index (χ2v) is 7.44. The van der Waals surface area contributed by atoms with Crippen molar-refractivity contribution in [3.05, 3.63) is 83.9 Å². The summed E-state index contributed by atoms with van der Waals surface area (Å²) in [4.78, 5) is 36.3. The number of amides is 2. The number of carbonyl (C=O) groups excluding carboxylic acids is 3. The Labute approximate surface area is 209 Å². The molecule has 0 aliphatic carbocycles. The molecular formula is C27H27N3O6. The lowest BCUT2D eigenvalue weighted by molar-refractivity contribution is -0.136. The molecule has 0 unspecified atom stereocenters. The first kappa shape index (κ1) is 26.0. The van der Waals surface area contributed by atoms with Crippen LogP contribution < -0.4 is 25.0 Å². The number of benzene rings is 3. The Balaban J connectivity index is 1.46. The maximum atomic E-state index is 12.3. The van der Waals surface area contributed by atoms with E-state index in [1.54, 1.807) is 72.8 Å². The maximum absolute atomic E-state index is 12.3. The van der Waals surface area contributed by atoms with Gasteiger partial charge in [0, 0.05) is 5.69 Å². The first-order valence-corrected chi connectivity index (χ1v) is 11.4. The third-order valence-corrected chi connectivity index (χ3v) is 4.66. The highest BCUT2D eigenvalue weighted by Crippen LogP contribution is 2.17. The van der Waals surface area contributed by atoms with Gasteiger partial charge in [0.15, 0.2) is 0 Å². The fourth-order valence-corrected chi connectivity index (χ4v) is 2.90. The molecule has 186 valence electrons. The summed E-state index contributed by atoms with van der Waals surface area (Å²) >= 11 is 0. The van der Waals surface area contributed by atoms with Crippen molar-refractivity contribution in [2.45, 2.75) is 20.3 Å². The van der Waals surface area contributed by atoms with Gasteiger partial charge in [-0.15, -0.1) is 0 Å². The van der Waals surface area contributed by atoms with Crippen LogP contribution in [0.1, 0.15) is 36.2 Å². The Kier molecular flexibility index (Phi) is 9.58. The number of esters is 1. The van der Waals surface area contributed by atoms with Crippen LogP contribution in [0.5, 0.6) is 17.2 Å². The Hall–Kier alpha value is -4.66. The molecule has 0 aromatic heterocycles. The average Bonchev–Trinajstić information content (AvgIpc) is 2.90. The topological polar surface area (TPSA) is 115 Å². The third kappa shape index (κ3) is 7.98. The van der Waals surface area contributed by atoms with Gasteiger partial charge in [-0.25, -0.2) is 10.2 Å². The minimum atomic E-state index is -0.920. The number of hydrazone groups is 1. The molecule has 9 heteroatoms. The Morgan fingerprint density at radius 1 is 0.778 bits per heavy atom. The first-order valence-electron chi connectivity index (χ1n) is 11.4. The van der Waals surface area contributed by atoms with Gasteiger partial charge in [-0.2, -0.15) is 5.10 Å². The van der Waals surface area contributed by atoms with Crippen LogP contribution >= 0.6 is 0 Å². The van der Waals surface area contributed by atoms with Crippen molar-refractivity contribution < 1.29 is 28.6 Å². The van der Waals surface area contributed by atoms with Crippen molar-refractivity contribution in [1.29, 1.82) is 0 Å². The molecule has 0 aliphatic rings. The van der Waals surface area contributed by atoms with E-state index in [0.29, 0.717) is 47.3 Å². The van der Waals surface area contributed by atoms with Gasteiger partial charge >= 0.3 is 17.8 Å². The van der Waals surface area contributed by atoms with E-state index in [4.69, 9.17) is 14.2 Å². The molecule has 0 saturated heterocycles. The largest absolute Gasteiger partial charge is 0.494 e. The van der Waals surface area contributed by atoms with Gasteiger partial charge in [0.25, 0.3) is 0 Å². The third-order valence-electron chi connectivity index (χ3n) is 4.66. The molecule has 9 nitrogen and oxygen atoms in total. The smallest absolute Gasteiger partial charge is 0.343 e. The molecule has 3 aromatic rings. The Morgan fingerprint density at radius 2 is 1.39 bits per heavy atom. The predicted molar refractivity (Wildman–Crippen MR) is 136 cm³/mol. The lowest BCUT2D eigenvalue weighted by atomic mass is 10.2. The van der Waals surface area contributed by atoms with E-state index in [1.165, 1.54) is 6.21 Å². The molecule has 0 bridgehead atoms. The van der Waals surface area contributed by atoms with Crippen LogP contribution in [0.3, 0.4) is 0 Å². The van der Waals surface area contributed by atoms with Crippen LogP contribution in [-0.2, 0) is 9.59 Å². The molecule has 2 amide bonds. The lowest BCUT2D eigenvalue weighted by Crippen LogP contribution is -2.32. The molecule has 3 aromatic carbocycles. The van der Waals surface area contributed by atoms with E-state index in [9.17, 15) is 14.4 Å². The van der Waals surface area contributed by atoms with Gasteiger partial charge in [-0.3, -0.25) is 9.59 Å². The van der Waals surface area contributed by atoms with E-state index >= 15 is 0 Å². The number of carbonyl (C=O) groups is 3. The molecule has 36 heavy (non-hydrogen) atoms. The predicted octanol–water partition coefficient (Wildman–Crippen LogP) is 4.18. The second kappa shape index (κ2) is 13.3. The number of ether oxygens (including phenoxy) is 3. The maximum Gasteiger partial charge on any atom is 0.343 e. The Morgan fingerprint density at radius 3 is 2.03 bits per heavy atom. The van der Waals surface area contributed by atoms with Gasteiger partial charge in [0.2, 0.25) is 0 Å². The summed E-state index contributed by atoms with van der Waals surface area (Å²) in [6.07, 6.45) is 2.26. The number of hydrogen-bond acceptors (Lipinski definition) is 7. The molecule has 0 aliphatic heterocycles. The zero-order valence-corrected chi connectivity index (χ0v) is 20.0. The number of nitrogens with zero attached hydrogens (tertiary/aromatic N) is 1. The summed E-state index contributed by atoms with van der Waals surface area (Å²) in [5, 5.41) is 6.26. The molecule has 0 heterocycles. The van der Waals surface area contributed by atoms with Crippen LogP contribution in [0, 0.1) is 0 Å². The SMILES string of the molecule is CCCOc1ccc(C(=O)Oc2ccc(/C=N\NC(=O)C(=O)Nc3ccc(OCC)cc3)cc2)cc1. The zero-order chi connectivity index (χ0) is 25.8. The van der Waals surface area contributed by atoms with Crippen LogP contribution in [-0.4, -0.2) is 37.2 Å². The summed E-state index contributed by atoms with van der Waals surface area (Å²) in [5.41, 5.74) is 3.64. The summed E-state index contributed by atoms with van der Waals surface area (Å²) in [6.45, 7) is 5.03. The average molecular weight is 490 g/mol. The molecule has 3 rings (SSSR count). The van der Waals surface area contributed by atoms with Crippen molar-refractivity contribution >= 4 is 29.7 Å². The highest BCUT2D eigenvalue weighted by molar-refractivity contribution is 6.39. The minimum Gasteiger partial charge on any atom is -0.494 e. The normalized spacial score (nSPS) is 10.5. The first-order chi connectivity index (χ1) is 17.5. The van der Waals surface area contributed by atoms with Gasteiger partial charge in [-0.1, -0.05) is 6.92 Å². The molecule has 0 radical (unpaired) electrons. The van der Waals surface area contributed by atoms with Crippen LogP contribution in [0.2, 0.25) is 0 Å². The van der Waals surface area contributed by atoms with Crippen molar-refractivity contribution in [2.24, 2.45) is 5.10 Å². The van der Waals surface area contributed by atoms with Crippen molar-refractivity contribution in [3.8, 4) is 17.2 Å². The summed E-state index contributed by atoms with van der Waals surface area (Å²) in [7, 11) is 0. The summed E-state index contributed by atoms with van der Waals surface area (Å²) < 4.78 is 16.2. The van der Waals surface area contributed by atoms with E-state index in [1.807, 2.05) is 13.8 Å². The molecular weight excluding hydrogens is 462 g/mol. The lowest BCUT2D eigenvalue weighted by Gasteiger charge is -2.07. The summed E-state index contributed by atoms with van der Waals surface area (Å²) in [5.74, 6) is -0.568.